The molecule has 0 radical (unpaired) electrons. The number of nitrogens with zero attached hydrogens (tertiary/aromatic N) is 2. The molecule has 3 N–H and O–H groups in total. The summed E-state index contributed by atoms with van der Waals surface area (Å²) in [6, 6.07) is 1.73. The number of carbonyl (C=O) groups is 1. The maximum atomic E-state index is 11.0. The zero-order valence-electron chi connectivity index (χ0n) is 10.1. The zero-order valence-corrected chi connectivity index (χ0v) is 10.1. The standard InChI is InChI=1S/C12H17N3O3/c13-6-9-3-4-14-7-11(9)18-8-10-2-1-5-15(10)12(16)17/h3-4,7,10H,1-2,5-6,8,13H2,(H,16,17)/t10-/m1/s1. The highest BCUT2D eigenvalue weighted by molar-refractivity contribution is 5.65. The first-order valence-corrected chi connectivity index (χ1v) is 5.97. The molecule has 18 heavy (non-hydrogen) atoms. The van der Waals surface area contributed by atoms with Gasteiger partial charge in [0.15, 0.2) is 0 Å². The summed E-state index contributed by atoms with van der Waals surface area (Å²) >= 11 is 0. The number of likely N-dealkylation sites (tertiary alicyclic amines) is 1. The smallest absolute Gasteiger partial charge is 0.407 e. The van der Waals surface area contributed by atoms with E-state index in [1.165, 1.54) is 4.90 Å². The van der Waals surface area contributed by atoms with Crippen LogP contribution < -0.4 is 10.5 Å². The summed E-state index contributed by atoms with van der Waals surface area (Å²) < 4.78 is 5.64. The first kappa shape index (κ1) is 12.6. The number of amides is 1. The van der Waals surface area contributed by atoms with Gasteiger partial charge in [0, 0.05) is 24.8 Å². The molecule has 0 spiro atoms. The van der Waals surface area contributed by atoms with Gasteiger partial charge in [0.1, 0.15) is 12.4 Å². The van der Waals surface area contributed by atoms with Gasteiger partial charge in [0.2, 0.25) is 0 Å². The average Bonchev–Trinajstić information content (AvgIpc) is 2.85. The van der Waals surface area contributed by atoms with Crippen LogP contribution in [-0.2, 0) is 6.54 Å². The third-order valence-corrected chi connectivity index (χ3v) is 3.14. The Hall–Kier alpha value is -1.82. The van der Waals surface area contributed by atoms with Crippen molar-refractivity contribution in [2.45, 2.75) is 25.4 Å². The van der Waals surface area contributed by atoms with E-state index in [-0.39, 0.29) is 6.04 Å². The van der Waals surface area contributed by atoms with Gasteiger partial charge >= 0.3 is 6.09 Å². The van der Waals surface area contributed by atoms with Crippen molar-refractivity contribution >= 4 is 6.09 Å². The highest BCUT2D eigenvalue weighted by atomic mass is 16.5. The van der Waals surface area contributed by atoms with E-state index in [0.29, 0.717) is 25.4 Å². The van der Waals surface area contributed by atoms with Crippen LogP contribution in [0.2, 0.25) is 0 Å². The number of aromatic nitrogens is 1. The minimum Gasteiger partial charge on any atom is -0.489 e. The molecule has 1 saturated heterocycles. The minimum atomic E-state index is -0.883. The Morgan fingerprint density at radius 3 is 3.22 bits per heavy atom. The molecule has 6 heteroatoms. The number of hydrogen-bond acceptors (Lipinski definition) is 4. The third kappa shape index (κ3) is 2.70. The van der Waals surface area contributed by atoms with Crippen molar-refractivity contribution in [2.24, 2.45) is 5.73 Å². The van der Waals surface area contributed by atoms with E-state index in [1.807, 2.05) is 0 Å². The Balaban J connectivity index is 1.97. The van der Waals surface area contributed by atoms with Crippen molar-refractivity contribution < 1.29 is 14.6 Å². The minimum absolute atomic E-state index is 0.0756. The predicted molar refractivity (Wildman–Crippen MR) is 65.4 cm³/mol. The molecule has 1 atom stereocenters. The maximum Gasteiger partial charge on any atom is 0.407 e. The lowest BCUT2D eigenvalue weighted by atomic mass is 10.2. The number of ether oxygens (including phenoxy) is 1. The highest BCUT2D eigenvalue weighted by Crippen LogP contribution is 2.20. The van der Waals surface area contributed by atoms with E-state index in [4.69, 9.17) is 15.6 Å². The molecule has 1 aliphatic heterocycles. The van der Waals surface area contributed by atoms with E-state index < -0.39 is 6.09 Å². The van der Waals surface area contributed by atoms with Gasteiger partial charge in [-0.25, -0.2) is 4.79 Å². The van der Waals surface area contributed by atoms with E-state index >= 15 is 0 Å². The molecule has 1 fully saturated rings. The molecule has 2 rings (SSSR count). The van der Waals surface area contributed by atoms with Crippen molar-refractivity contribution in [3.05, 3.63) is 24.0 Å². The lowest BCUT2D eigenvalue weighted by molar-refractivity contribution is 0.123. The van der Waals surface area contributed by atoms with Crippen LogP contribution in [0.3, 0.4) is 0 Å². The lowest BCUT2D eigenvalue weighted by Crippen LogP contribution is -2.38. The number of nitrogens with two attached hydrogens (primary N) is 1. The summed E-state index contributed by atoms with van der Waals surface area (Å²) in [4.78, 5) is 16.4. The van der Waals surface area contributed by atoms with E-state index in [2.05, 4.69) is 4.98 Å². The SMILES string of the molecule is NCc1ccncc1OC[C@H]1CCCN1C(=O)O. The molecule has 0 unspecified atom stereocenters. The van der Waals surface area contributed by atoms with Gasteiger partial charge in [-0.2, -0.15) is 0 Å². The second-order valence-corrected chi connectivity index (χ2v) is 4.27. The average molecular weight is 251 g/mol. The normalized spacial score (nSPS) is 18.9. The van der Waals surface area contributed by atoms with Gasteiger partial charge in [0.05, 0.1) is 12.2 Å². The summed E-state index contributed by atoms with van der Waals surface area (Å²) in [5.74, 6) is 0.636. The quantitative estimate of drug-likeness (QED) is 0.835. The van der Waals surface area contributed by atoms with Crippen molar-refractivity contribution in [1.29, 1.82) is 0 Å². The largest absolute Gasteiger partial charge is 0.489 e. The van der Waals surface area contributed by atoms with Gasteiger partial charge in [-0.05, 0) is 18.9 Å². The third-order valence-electron chi connectivity index (χ3n) is 3.14. The zero-order chi connectivity index (χ0) is 13.0. The Morgan fingerprint density at radius 1 is 1.67 bits per heavy atom. The van der Waals surface area contributed by atoms with Crippen LogP contribution in [0.5, 0.6) is 5.75 Å². The number of hydrogen-bond donors (Lipinski definition) is 2. The number of carboxylic acid groups (broad SMARTS) is 1. The Bertz CT molecular complexity index is 425. The highest BCUT2D eigenvalue weighted by Gasteiger charge is 2.29. The fraction of sp³-hybridized carbons (Fsp3) is 0.500. The summed E-state index contributed by atoms with van der Waals surface area (Å²) in [5, 5.41) is 9.02. The van der Waals surface area contributed by atoms with Gasteiger partial charge in [-0.15, -0.1) is 0 Å². The molecule has 0 aliphatic carbocycles. The van der Waals surface area contributed by atoms with E-state index in [0.717, 1.165) is 18.4 Å². The molecule has 1 aromatic rings. The van der Waals surface area contributed by atoms with Gasteiger partial charge in [-0.3, -0.25) is 4.98 Å². The molecule has 1 aromatic heterocycles. The molecule has 6 nitrogen and oxygen atoms in total. The van der Waals surface area contributed by atoms with Crippen LogP contribution in [-0.4, -0.2) is 40.3 Å². The Kier molecular flexibility index (Phi) is 3.99. The summed E-state index contributed by atoms with van der Waals surface area (Å²) in [6.07, 6.45) is 4.12. The van der Waals surface area contributed by atoms with Gasteiger partial charge in [-0.1, -0.05) is 0 Å². The first-order valence-electron chi connectivity index (χ1n) is 5.97. The van der Waals surface area contributed by atoms with Gasteiger partial charge < -0.3 is 20.5 Å². The fourth-order valence-corrected chi connectivity index (χ4v) is 2.15. The van der Waals surface area contributed by atoms with Crippen molar-refractivity contribution in [1.82, 2.24) is 9.88 Å². The fourth-order valence-electron chi connectivity index (χ4n) is 2.15. The molecule has 1 amide bonds. The predicted octanol–water partition coefficient (Wildman–Crippen LogP) is 1.06. The van der Waals surface area contributed by atoms with Crippen LogP contribution in [0.25, 0.3) is 0 Å². The molecule has 0 bridgehead atoms. The Morgan fingerprint density at radius 2 is 2.50 bits per heavy atom. The topological polar surface area (TPSA) is 88.7 Å². The molecule has 0 saturated carbocycles. The van der Waals surface area contributed by atoms with Crippen LogP contribution >= 0.6 is 0 Å². The first-order chi connectivity index (χ1) is 8.72. The molecule has 1 aliphatic rings. The molecular formula is C12H17N3O3. The summed E-state index contributed by atoms with van der Waals surface area (Å²) in [5.41, 5.74) is 6.48. The number of pyridine rings is 1. The van der Waals surface area contributed by atoms with Crippen molar-refractivity contribution in [2.75, 3.05) is 13.2 Å². The second kappa shape index (κ2) is 5.68. The molecule has 2 heterocycles. The van der Waals surface area contributed by atoms with Crippen LogP contribution in [0.1, 0.15) is 18.4 Å². The molecular weight excluding hydrogens is 234 g/mol. The van der Waals surface area contributed by atoms with Gasteiger partial charge in [0.25, 0.3) is 0 Å². The van der Waals surface area contributed by atoms with E-state index in [1.54, 1.807) is 18.5 Å². The van der Waals surface area contributed by atoms with Crippen LogP contribution in [0.15, 0.2) is 18.5 Å². The van der Waals surface area contributed by atoms with Crippen LogP contribution in [0.4, 0.5) is 4.79 Å². The summed E-state index contributed by atoms with van der Waals surface area (Å²) in [7, 11) is 0. The Labute approximate surface area is 105 Å². The maximum absolute atomic E-state index is 11.0. The lowest BCUT2D eigenvalue weighted by Gasteiger charge is -2.22. The molecule has 98 valence electrons. The monoisotopic (exact) mass is 251 g/mol. The van der Waals surface area contributed by atoms with Crippen molar-refractivity contribution in [3.63, 3.8) is 0 Å². The second-order valence-electron chi connectivity index (χ2n) is 4.27. The molecule has 0 aromatic carbocycles. The van der Waals surface area contributed by atoms with E-state index in [9.17, 15) is 4.79 Å². The van der Waals surface area contributed by atoms with Crippen LogP contribution in [0, 0.1) is 0 Å². The number of rotatable bonds is 4. The van der Waals surface area contributed by atoms with Crippen molar-refractivity contribution in [3.8, 4) is 5.75 Å². The summed E-state index contributed by atoms with van der Waals surface area (Å²) in [6.45, 7) is 1.32.